The Kier molecular flexibility index (Phi) is 9.51. The minimum absolute atomic E-state index is 0.0376. The predicted octanol–water partition coefficient (Wildman–Crippen LogP) is 1.16. The van der Waals surface area contributed by atoms with Crippen LogP contribution < -0.4 is 14.8 Å². The van der Waals surface area contributed by atoms with E-state index in [4.69, 9.17) is 9.47 Å². The Bertz CT molecular complexity index is 588. The summed E-state index contributed by atoms with van der Waals surface area (Å²) in [6.07, 6.45) is 0.689. The zero-order valence-corrected chi connectivity index (χ0v) is 16.5. The van der Waals surface area contributed by atoms with E-state index in [-0.39, 0.29) is 24.9 Å². The minimum atomic E-state index is -0.0969. The highest BCUT2D eigenvalue weighted by molar-refractivity contribution is 5.81. The lowest BCUT2D eigenvalue weighted by Crippen LogP contribution is -2.42. The van der Waals surface area contributed by atoms with Crippen molar-refractivity contribution in [2.24, 2.45) is 0 Å². The Balaban J connectivity index is 2.39. The number of carbonyl (C=O) groups excluding carboxylic acids is 2. The Hall–Kier alpha value is -2.28. The molecule has 0 aliphatic carbocycles. The van der Waals surface area contributed by atoms with E-state index in [9.17, 15) is 9.59 Å². The van der Waals surface area contributed by atoms with Gasteiger partial charge in [0.2, 0.25) is 11.8 Å². The van der Waals surface area contributed by atoms with E-state index in [1.807, 2.05) is 32.0 Å². The van der Waals surface area contributed by atoms with Crippen molar-refractivity contribution >= 4 is 11.8 Å². The van der Waals surface area contributed by atoms with Crippen LogP contribution in [0.25, 0.3) is 0 Å². The summed E-state index contributed by atoms with van der Waals surface area (Å²) in [4.78, 5) is 27.6. The van der Waals surface area contributed by atoms with Gasteiger partial charge in [-0.2, -0.15) is 0 Å². The first kappa shape index (κ1) is 21.8. The van der Waals surface area contributed by atoms with Gasteiger partial charge in [0.1, 0.15) is 0 Å². The van der Waals surface area contributed by atoms with E-state index in [0.717, 1.165) is 5.56 Å². The van der Waals surface area contributed by atoms with Crippen LogP contribution in [0.5, 0.6) is 11.5 Å². The number of nitrogens with zero attached hydrogens (tertiary/aromatic N) is 2. The van der Waals surface area contributed by atoms with Gasteiger partial charge in [-0.15, -0.1) is 0 Å². The standard InChI is InChI=1S/C19H31N3O4/c1-6-22(7-2)19(24)14-21(3)13-18(23)20-11-10-15-8-9-16(25-4)17(12-15)26-5/h8-9,12H,6-7,10-11,13-14H2,1-5H3,(H,20,23). The second kappa shape index (κ2) is 11.4. The predicted molar refractivity (Wildman–Crippen MR) is 102 cm³/mol. The largest absolute Gasteiger partial charge is 0.493 e. The third-order valence-electron chi connectivity index (χ3n) is 4.12. The van der Waals surface area contributed by atoms with E-state index in [0.29, 0.717) is 37.6 Å². The van der Waals surface area contributed by atoms with Gasteiger partial charge in [0, 0.05) is 19.6 Å². The molecule has 0 fully saturated rings. The van der Waals surface area contributed by atoms with E-state index < -0.39 is 0 Å². The van der Waals surface area contributed by atoms with Crippen LogP contribution in [0, 0.1) is 0 Å². The molecule has 1 aromatic rings. The number of methoxy groups -OCH3 is 2. The third-order valence-corrected chi connectivity index (χ3v) is 4.12. The van der Waals surface area contributed by atoms with Crippen molar-refractivity contribution in [1.29, 1.82) is 0 Å². The third kappa shape index (κ3) is 6.92. The summed E-state index contributed by atoms with van der Waals surface area (Å²) in [6, 6.07) is 5.70. The normalized spacial score (nSPS) is 10.5. The maximum Gasteiger partial charge on any atom is 0.236 e. The molecule has 146 valence electrons. The summed E-state index contributed by atoms with van der Waals surface area (Å²) >= 11 is 0. The van der Waals surface area contributed by atoms with E-state index >= 15 is 0 Å². The number of amides is 2. The molecular formula is C19H31N3O4. The van der Waals surface area contributed by atoms with Crippen molar-refractivity contribution < 1.29 is 19.1 Å². The van der Waals surface area contributed by atoms with Crippen molar-refractivity contribution in [3.63, 3.8) is 0 Å². The van der Waals surface area contributed by atoms with Gasteiger partial charge in [-0.3, -0.25) is 14.5 Å². The summed E-state index contributed by atoms with van der Waals surface area (Å²) < 4.78 is 10.5. The molecule has 2 amide bonds. The minimum Gasteiger partial charge on any atom is -0.493 e. The molecule has 0 aromatic heterocycles. The molecule has 26 heavy (non-hydrogen) atoms. The van der Waals surface area contributed by atoms with E-state index in [1.54, 1.807) is 31.1 Å². The Morgan fingerprint density at radius 2 is 1.69 bits per heavy atom. The van der Waals surface area contributed by atoms with Crippen LogP contribution >= 0.6 is 0 Å². The zero-order valence-electron chi connectivity index (χ0n) is 16.5. The molecule has 0 radical (unpaired) electrons. The van der Waals surface area contributed by atoms with Crippen LogP contribution in [0.4, 0.5) is 0 Å². The fourth-order valence-corrected chi connectivity index (χ4v) is 2.65. The van der Waals surface area contributed by atoms with Crippen LogP contribution in [0.15, 0.2) is 18.2 Å². The SMILES string of the molecule is CCN(CC)C(=O)CN(C)CC(=O)NCCc1ccc(OC)c(OC)c1. The van der Waals surface area contributed by atoms with E-state index in [1.165, 1.54) is 0 Å². The molecule has 0 bridgehead atoms. The zero-order chi connectivity index (χ0) is 19.5. The van der Waals surface area contributed by atoms with Crippen LogP contribution in [0.3, 0.4) is 0 Å². The molecular weight excluding hydrogens is 334 g/mol. The number of carbonyl (C=O) groups is 2. The average molecular weight is 365 g/mol. The quantitative estimate of drug-likeness (QED) is 0.637. The molecule has 0 saturated carbocycles. The molecule has 0 heterocycles. The van der Waals surface area contributed by atoms with Gasteiger partial charge < -0.3 is 19.7 Å². The van der Waals surface area contributed by atoms with E-state index in [2.05, 4.69) is 5.32 Å². The molecule has 0 saturated heterocycles. The molecule has 1 aromatic carbocycles. The first-order valence-corrected chi connectivity index (χ1v) is 8.89. The monoisotopic (exact) mass is 365 g/mol. The maximum absolute atomic E-state index is 12.0. The number of likely N-dealkylation sites (N-methyl/N-ethyl adjacent to an activating group) is 2. The topological polar surface area (TPSA) is 71.1 Å². The Morgan fingerprint density at radius 1 is 1.04 bits per heavy atom. The van der Waals surface area contributed by atoms with Crippen molar-refractivity contribution in [2.75, 3.05) is 54.0 Å². The van der Waals surface area contributed by atoms with Gasteiger partial charge in [0.25, 0.3) is 0 Å². The Morgan fingerprint density at radius 3 is 2.27 bits per heavy atom. The molecule has 0 spiro atoms. The molecule has 0 atom stereocenters. The van der Waals surface area contributed by atoms with Crippen molar-refractivity contribution in [2.45, 2.75) is 20.3 Å². The lowest BCUT2D eigenvalue weighted by Gasteiger charge is -2.22. The van der Waals surface area contributed by atoms with Crippen molar-refractivity contribution in [3.05, 3.63) is 23.8 Å². The molecule has 0 aliphatic heterocycles. The number of benzene rings is 1. The number of nitrogens with one attached hydrogen (secondary N) is 1. The second-order valence-electron chi connectivity index (χ2n) is 6.03. The summed E-state index contributed by atoms with van der Waals surface area (Å²) in [7, 11) is 4.97. The molecule has 1 rings (SSSR count). The number of hydrogen-bond donors (Lipinski definition) is 1. The first-order chi connectivity index (χ1) is 12.4. The van der Waals surface area contributed by atoms with Crippen LogP contribution in [0.1, 0.15) is 19.4 Å². The van der Waals surface area contributed by atoms with Gasteiger partial charge in [0.05, 0.1) is 27.3 Å². The average Bonchev–Trinajstić information content (AvgIpc) is 2.62. The smallest absolute Gasteiger partial charge is 0.236 e. The lowest BCUT2D eigenvalue weighted by atomic mass is 10.1. The van der Waals surface area contributed by atoms with Crippen LogP contribution in [-0.2, 0) is 16.0 Å². The molecule has 7 heteroatoms. The van der Waals surface area contributed by atoms with Gasteiger partial charge in [0.15, 0.2) is 11.5 Å². The van der Waals surface area contributed by atoms with Gasteiger partial charge >= 0.3 is 0 Å². The lowest BCUT2D eigenvalue weighted by molar-refractivity contribution is -0.132. The number of hydrogen-bond acceptors (Lipinski definition) is 5. The van der Waals surface area contributed by atoms with Crippen molar-refractivity contribution in [1.82, 2.24) is 15.1 Å². The fraction of sp³-hybridized carbons (Fsp3) is 0.579. The molecule has 0 aliphatic rings. The second-order valence-corrected chi connectivity index (χ2v) is 6.03. The van der Waals surface area contributed by atoms with Gasteiger partial charge in [-0.1, -0.05) is 6.07 Å². The van der Waals surface area contributed by atoms with Gasteiger partial charge in [-0.05, 0) is 45.0 Å². The molecule has 1 N–H and O–H groups in total. The van der Waals surface area contributed by atoms with Gasteiger partial charge in [-0.25, -0.2) is 0 Å². The highest BCUT2D eigenvalue weighted by Crippen LogP contribution is 2.27. The number of rotatable bonds is 11. The summed E-state index contributed by atoms with van der Waals surface area (Å²) in [5, 5.41) is 2.88. The van der Waals surface area contributed by atoms with Crippen molar-refractivity contribution in [3.8, 4) is 11.5 Å². The fourth-order valence-electron chi connectivity index (χ4n) is 2.65. The first-order valence-electron chi connectivity index (χ1n) is 8.89. The van der Waals surface area contributed by atoms with Crippen LogP contribution in [-0.4, -0.2) is 75.6 Å². The van der Waals surface area contributed by atoms with Crippen LogP contribution in [0.2, 0.25) is 0 Å². The highest BCUT2D eigenvalue weighted by Gasteiger charge is 2.14. The highest BCUT2D eigenvalue weighted by atomic mass is 16.5. The molecule has 0 unspecified atom stereocenters. The molecule has 7 nitrogen and oxygen atoms in total. The summed E-state index contributed by atoms with van der Waals surface area (Å²) in [5.41, 5.74) is 1.05. The Labute approximate surface area is 156 Å². The number of ether oxygens (including phenoxy) is 2. The summed E-state index contributed by atoms with van der Waals surface area (Å²) in [6.45, 7) is 6.21. The summed E-state index contributed by atoms with van der Waals surface area (Å²) in [5.74, 6) is 1.29. The maximum atomic E-state index is 12.0.